The number of halogens is 2. The molecule has 0 bridgehead atoms. The smallest absolute Gasteiger partial charge is 0.153 e. The zero-order valence-electron chi connectivity index (χ0n) is 16.8. The number of aromatic nitrogens is 3. The second-order valence-corrected chi connectivity index (χ2v) is 9.07. The van der Waals surface area contributed by atoms with Crippen molar-refractivity contribution in [3.05, 3.63) is 33.8 Å². The molecule has 1 aliphatic heterocycles. The number of aliphatic hydroxyl groups excluding tert-OH is 1. The number of pyridine rings is 1. The van der Waals surface area contributed by atoms with Crippen molar-refractivity contribution in [1.82, 2.24) is 15.0 Å². The van der Waals surface area contributed by atoms with E-state index in [-0.39, 0.29) is 23.2 Å². The standard InChI is InChI=1S/C21H27Cl2N5O/c1-12-18(15-5-8-25-19(23)17(15)22)27-16(11-29)20(26-12)28-9-6-21(7-10-28,13(2)24)14-3-4-14/h5,8,13-14,29H,3-4,6-7,9-11,24H2,1-2H3/t13-/m0/s1. The van der Waals surface area contributed by atoms with Crippen molar-refractivity contribution in [2.24, 2.45) is 17.1 Å². The summed E-state index contributed by atoms with van der Waals surface area (Å²) in [6.07, 6.45) is 6.29. The van der Waals surface area contributed by atoms with Crippen LogP contribution in [-0.2, 0) is 6.61 Å². The molecule has 1 saturated carbocycles. The summed E-state index contributed by atoms with van der Waals surface area (Å²) in [6, 6.07) is 1.96. The van der Waals surface area contributed by atoms with E-state index in [2.05, 4.69) is 16.8 Å². The first-order valence-electron chi connectivity index (χ1n) is 10.2. The van der Waals surface area contributed by atoms with Gasteiger partial charge in [-0.15, -0.1) is 0 Å². The molecule has 3 N–H and O–H groups in total. The third-order valence-corrected chi connectivity index (χ3v) is 7.43. The van der Waals surface area contributed by atoms with Gasteiger partial charge in [0.15, 0.2) is 5.82 Å². The summed E-state index contributed by atoms with van der Waals surface area (Å²) in [5.41, 5.74) is 9.22. The highest BCUT2D eigenvalue weighted by Gasteiger charge is 2.49. The van der Waals surface area contributed by atoms with E-state index in [1.807, 2.05) is 6.92 Å². The molecule has 3 heterocycles. The predicted octanol–water partition coefficient (Wildman–Crippen LogP) is 3.99. The van der Waals surface area contributed by atoms with Crippen LogP contribution in [0.2, 0.25) is 10.2 Å². The van der Waals surface area contributed by atoms with Gasteiger partial charge in [0.2, 0.25) is 0 Å². The third-order valence-electron chi connectivity index (χ3n) is 6.66. The second kappa shape index (κ2) is 7.99. The van der Waals surface area contributed by atoms with Gasteiger partial charge in [-0.3, -0.25) is 0 Å². The number of aryl methyl sites for hydroxylation is 1. The largest absolute Gasteiger partial charge is 0.390 e. The number of piperidine rings is 1. The summed E-state index contributed by atoms with van der Waals surface area (Å²) in [5, 5.41) is 10.6. The third kappa shape index (κ3) is 3.72. The molecular formula is C21H27Cl2N5O. The van der Waals surface area contributed by atoms with Crippen LogP contribution in [0.15, 0.2) is 12.3 Å². The second-order valence-electron chi connectivity index (χ2n) is 8.33. The van der Waals surface area contributed by atoms with Gasteiger partial charge in [-0.25, -0.2) is 15.0 Å². The molecule has 156 valence electrons. The fourth-order valence-corrected chi connectivity index (χ4v) is 5.15. The number of nitrogens with zero attached hydrogens (tertiary/aromatic N) is 4. The van der Waals surface area contributed by atoms with Crippen LogP contribution in [0.3, 0.4) is 0 Å². The average Bonchev–Trinajstić information content (AvgIpc) is 3.56. The zero-order chi connectivity index (χ0) is 20.8. The summed E-state index contributed by atoms with van der Waals surface area (Å²) < 4.78 is 0. The van der Waals surface area contributed by atoms with Gasteiger partial charge in [0.05, 0.1) is 23.0 Å². The Morgan fingerprint density at radius 2 is 1.97 bits per heavy atom. The van der Waals surface area contributed by atoms with Crippen LogP contribution in [0, 0.1) is 18.3 Å². The van der Waals surface area contributed by atoms with Gasteiger partial charge in [-0.2, -0.15) is 0 Å². The average molecular weight is 436 g/mol. The Labute approximate surface area is 181 Å². The predicted molar refractivity (Wildman–Crippen MR) is 116 cm³/mol. The monoisotopic (exact) mass is 435 g/mol. The van der Waals surface area contributed by atoms with Gasteiger partial charge < -0.3 is 15.7 Å². The van der Waals surface area contributed by atoms with E-state index in [4.69, 9.17) is 38.9 Å². The molecule has 0 spiro atoms. The Kier molecular flexibility index (Phi) is 5.73. The van der Waals surface area contributed by atoms with Gasteiger partial charge in [0, 0.05) is 30.9 Å². The molecule has 4 rings (SSSR count). The molecule has 2 fully saturated rings. The van der Waals surface area contributed by atoms with Gasteiger partial charge in [0.1, 0.15) is 10.8 Å². The number of rotatable bonds is 5. The van der Waals surface area contributed by atoms with Crippen molar-refractivity contribution >= 4 is 29.0 Å². The number of nitrogens with two attached hydrogens (primary N) is 1. The lowest BCUT2D eigenvalue weighted by Gasteiger charge is -2.45. The first-order chi connectivity index (χ1) is 13.9. The molecule has 0 amide bonds. The van der Waals surface area contributed by atoms with E-state index in [0.717, 1.165) is 43.4 Å². The van der Waals surface area contributed by atoms with Crippen LogP contribution < -0.4 is 10.6 Å². The van der Waals surface area contributed by atoms with Crippen LogP contribution in [0.4, 0.5) is 5.82 Å². The fraction of sp³-hybridized carbons (Fsp3) is 0.571. The maximum Gasteiger partial charge on any atom is 0.153 e. The van der Waals surface area contributed by atoms with Crippen molar-refractivity contribution in [2.75, 3.05) is 18.0 Å². The Bertz CT molecular complexity index is 904. The molecule has 1 aliphatic carbocycles. The molecule has 2 aromatic heterocycles. The highest BCUT2D eigenvalue weighted by atomic mass is 35.5. The van der Waals surface area contributed by atoms with Crippen molar-refractivity contribution < 1.29 is 5.11 Å². The highest BCUT2D eigenvalue weighted by molar-refractivity contribution is 6.42. The van der Waals surface area contributed by atoms with E-state index < -0.39 is 0 Å². The molecule has 1 atom stereocenters. The zero-order valence-corrected chi connectivity index (χ0v) is 18.3. The van der Waals surface area contributed by atoms with Gasteiger partial charge >= 0.3 is 0 Å². The van der Waals surface area contributed by atoms with Crippen LogP contribution in [0.1, 0.15) is 44.0 Å². The molecule has 0 radical (unpaired) electrons. The minimum atomic E-state index is -0.191. The number of anilines is 1. The summed E-state index contributed by atoms with van der Waals surface area (Å²) >= 11 is 12.4. The van der Waals surface area contributed by atoms with Crippen molar-refractivity contribution in [3.8, 4) is 11.3 Å². The van der Waals surface area contributed by atoms with E-state index >= 15 is 0 Å². The van der Waals surface area contributed by atoms with E-state index in [0.29, 0.717) is 22.0 Å². The Balaban J connectivity index is 1.64. The summed E-state index contributed by atoms with van der Waals surface area (Å²) in [7, 11) is 0. The van der Waals surface area contributed by atoms with E-state index in [9.17, 15) is 5.11 Å². The highest BCUT2D eigenvalue weighted by Crippen LogP contribution is 2.53. The maximum absolute atomic E-state index is 10.0. The molecule has 29 heavy (non-hydrogen) atoms. The summed E-state index contributed by atoms with van der Waals surface area (Å²) in [4.78, 5) is 15.8. The van der Waals surface area contributed by atoms with Gasteiger partial charge in [0.25, 0.3) is 0 Å². The Hall–Kier alpha value is -1.47. The van der Waals surface area contributed by atoms with Crippen molar-refractivity contribution in [2.45, 2.75) is 52.2 Å². The lowest BCUT2D eigenvalue weighted by Crippen LogP contribution is -2.50. The SMILES string of the molecule is Cc1nc(N2CCC(C3CC3)([C@H](C)N)CC2)c(CO)nc1-c1ccnc(Cl)c1Cl. The summed E-state index contributed by atoms with van der Waals surface area (Å²) in [6.45, 7) is 5.61. The molecular weight excluding hydrogens is 409 g/mol. The Morgan fingerprint density at radius 3 is 2.55 bits per heavy atom. The first-order valence-corrected chi connectivity index (χ1v) is 10.9. The fourth-order valence-electron chi connectivity index (χ4n) is 4.79. The molecule has 0 aromatic carbocycles. The number of hydrogen-bond acceptors (Lipinski definition) is 6. The first kappa shape index (κ1) is 20.8. The van der Waals surface area contributed by atoms with Crippen molar-refractivity contribution in [3.63, 3.8) is 0 Å². The summed E-state index contributed by atoms with van der Waals surface area (Å²) in [5.74, 6) is 1.51. The molecule has 6 nitrogen and oxygen atoms in total. The minimum absolute atomic E-state index is 0.191. The normalized spacial score (nSPS) is 20.0. The van der Waals surface area contributed by atoms with E-state index in [1.165, 1.54) is 12.8 Å². The molecule has 8 heteroatoms. The lowest BCUT2D eigenvalue weighted by atomic mass is 9.69. The quantitative estimate of drug-likeness (QED) is 0.690. The van der Waals surface area contributed by atoms with Crippen molar-refractivity contribution in [1.29, 1.82) is 0 Å². The maximum atomic E-state index is 10.0. The van der Waals surface area contributed by atoms with Crippen LogP contribution in [-0.4, -0.2) is 39.2 Å². The van der Waals surface area contributed by atoms with Crippen LogP contribution in [0.5, 0.6) is 0 Å². The molecule has 0 unspecified atom stereocenters. The molecule has 2 aliphatic rings. The van der Waals surface area contributed by atoms with E-state index in [1.54, 1.807) is 12.3 Å². The minimum Gasteiger partial charge on any atom is -0.390 e. The van der Waals surface area contributed by atoms with Crippen LogP contribution in [0.25, 0.3) is 11.3 Å². The number of aliphatic hydroxyl groups is 1. The van der Waals surface area contributed by atoms with Gasteiger partial charge in [-0.1, -0.05) is 23.2 Å². The Morgan fingerprint density at radius 1 is 1.28 bits per heavy atom. The topological polar surface area (TPSA) is 88.2 Å². The van der Waals surface area contributed by atoms with Crippen LogP contribution >= 0.6 is 23.2 Å². The number of hydrogen-bond donors (Lipinski definition) is 2. The molecule has 1 saturated heterocycles. The van der Waals surface area contributed by atoms with Gasteiger partial charge in [-0.05, 0) is 56.9 Å². The molecule has 2 aromatic rings. The lowest BCUT2D eigenvalue weighted by molar-refractivity contribution is 0.142.